The van der Waals surface area contributed by atoms with Crippen LogP contribution in [-0.4, -0.2) is 61.3 Å². The summed E-state index contributed by atoms with van der Waals surface area (Å²) in [4.78, 5) is 37.8. The molecule has 0 saturated carbocycles. The van der Waals surface area contributed by atoms with E-state index in [1.165, 1.54) is 9.96 Å². The van der Waals surface area contributed by atoms with Gasteiger partial charge in [-0.05, 0) is 30.6 Å². The molecular formula is C17H30N4O4Si. The average Bonchev–Trinajstić information content (AvgIpc) is 2.71. The lowest BCUT2D eigenvalue weighted by Crippen LogP contribution is -2.51. The number of nitrogens with two attached hydrogens (primary N) is 1. The molecule has 2 atom stereocenters. The van der Waals surface area contributed by atoms with Crippen molar-refractivity contribution in [1.29, 1.82) is 0 Å². The lowest BCUT2D eigenvalue weighted by molar-refractivity contribution is -0.124. The molecule has 2 heterocycles. The van der Waals surface area contributed by atoms with Gasteiger partial charge in [0, 0.05) is 13.0 Å². The Balaban J connectivity index is 2.13. The zero-order valence-electron chi connectivity index (χ0n) is 16.5. The van der Waals surface area contributed by atoms with Crippen molar-refractivity contribution >= 4 is 26.2 Å². The molecule has 2 rings (SSSR count). The molecule has 0 spiro atoms. The minimum absolute atomic E-state index is 0.0381. The summed E-state index contributed by atoms with van der Waals surface area (Å²) in [6, 6.07) is -1.16. The second kappa shape index (κ2) is 7.03. The Hall–Kier alpha value is -1.87. The molecule has 0 aromatic rings. The van der Waals surface area contributed by atoms with E-state index in [9.17, 15) is 14.4 Å². The summed E-state index contributed by atoms with van der Waals surface area (Å²) in [5.74, 6) is -0.784. The Morgan fingerprint density at radius 2 is 2.00 bits per heavy atom. The molecule has 2 aliphatic rings. The minimum atomic E-state index is -2.18. The Bertz CT molecular complexity index is 641. The zero-order valence-corrected chi connectivity index (χ0v) is 17.5. The topological polar surface area (TPSA) is 105 Å². The summed E-state index contributed by atoms with van der Waals surface area (Å²) in [6.45, 7) is 12.9. The van der Waals surface area contributed by atoms with Crippen LogP contribution in [0.4, 0.5) is 4.79 Å². The van der Waals surface area contributed by atoms with Crippen LogP contribution >= 0.6 is 0 Å². The van der Waals surface area contributed by atoms with E-state index in [2.05, 4.69) is 39.2 Å². The van der Waals surface area contributed by atoms with E-state index in [1.54, 1.807) is 0 Å². The number of primary amides is 1. The highest BCUT2D eigenvalue weighted by Crippen LogP contribution is 2.39. The number of carbonyl (C=O) groups is 3. The van der Waals surface area contributed by atoms with Crippen LogP contribution in [0.5, 0.6) is 0 Å². The van der Waals surface area contributed by atoms with E-state index < -0.39 is 20.3 Å². The number of nitrogens with one attached hydrogen (secondary N) is 1. The van der Waals surface area contributed by atoms with Gasteiger partial charge in [-0.2, -0.15) is 0 Å². The maximum absolute atomic E-state index is 12.9. The summed E-state index contributed by atoms with van der Waals surface area (Å²) in [5.41, 5.74) is 5.89. The molecule has 0 aromatic carbocycles. The van der Waals surface area contributed by atoms with Gasteiger partial charge in [0.15, 0.2) is 0 Å². The number of hydroxylamine groups is 2. The Morgan fingerprint density at radius 3 is 2.54 bits per heavy atom. The van der Waals surface area contributed by atoms with Gasteiger partial charge in [-0.15, -0.1) is 0 Å². The van der Waals surface area contributed by atoms with Gasteiger partial charge in [-0.3, -0.25) is 9.59 Å². The molecule has 146 valence electrons. The highest BCUT2D eigenvalue weighted by molar-refractivity contribution is 6.74. The third-order valence-electron chi connectivity index (χ3n) is 5.37. The number of hydrogen-bond acceptors (Lipinski definition) is 4. The molecule has 4 amide bonds. The molecule has 2 bridgehead atoms. The quantitative estimate of drug-likeness (QED) is 0.534. The molecule has 2 unspecified atom stereocenters. The maximum Gasteiger partial charge on any atom is 0.344 e. The first-order valence-electron chi connectivity index (χ1n) is 8.88. The van der Waals surface area contributed by atoms with Crippen molar-refractivity contribution in [3.05, 3.63) is 11.6 Å². The fraction of sp³-hybridized carbons (Fsp3) is 0.706. The lowest BCUT2D eigenvalue weighted by Gasteiger charge is -2.39. The predicted molar refractivity (Wildman–Crippen MR) is 100 cm³/mol. The third kappa shape index (κ3) is 3.93. The van der Waals surface area contributed by atoms with Crippen molar-refractivity contribution in [1.82, 2.24) is 15.3 Å². The van der Waals surface area contributed by atoms with Crippen LogP contribution in [0.15, 0.2) is 11.6 Å². The first-order valence-corrected chi connectivity index (χ1v) is 11.8. The first-order chi connectivity index (χ1) is 11.8. The van der Waals surface area contributed by atoms with Crippen molar-refractivity contribution in [3.8, 4) is 0 Å². The van der Waals surface area contributed by atoms with Gasteiger partial charge in [0.1, 0.15) is 6.04 Å². The number of amides is 4. The monoisotopic (exact) mass is 382 g/mol. The van der Waals surface area contributed by atoms with Gasteiger partial charge in [0.2, 0.25) is 20.1 Å². The zero-order chi connectivity index (χ0) is 19.9. The number of carbonyl (C=O) groups excluding carboxylic acids is 3. The van der Waals surface area contributed by atoms with Crippen molar-refractivity contribution in [2.75, 3.05) is 13.1 Å². The molecule has 9 heteroatoms. The second-order valence-corrected chi connectivity index (χ2v) is 13.2. The summed E-state index contributed by atoms with van der Waals surface area (Å²) >= 11 is 0. The number of fused-ring (bicyclic) bond motifs is 2. The highest BCUT2D eigenvalue weighted by Gasteiger charge is 2.50. The number of rotatable bonds is 6. The van der Waals surface area contributed by atoms with Crippen molar-refractivity contribution in [2.45, 2.75) is 64.3 Å². The van der Waals surface area contributed by atoms with Crippen molar-refractivity contribution < 1.29 is 18.9 Å². The molecule has 26 heavy (non-hydrogen) atoms. The maximum atomic E-state index is 12.9. The van der Waals surface area contributed by atoms with Crippen LogP contribution in [-0.2, 0) is 14.1 Å². The van der Waals surface area contributed by atoms with Gasteiger partial charge >= 0.3 is 6.03 Å². The van der Waals surface area contributed by atoms with Crippen LogP contribution in [0.3, 0.4) is 0 Å². The summed E-state index contributed by atoms with van der Waals surface area (Å²) < 4.78 is 6.22. The summed E-state index contributed by atoms with van der Waals surface area (Å²) in [6.07, 6.45) is 1.99. The van der Waals surface area contributed by atoms with Crippen LogP contribution < -0.4 is 11.1 Å². The second-order valence-electron chi connectivity index (χ2n) is 8.50. The Morgan fingerprint density at radius 1 is 1.38 bits per heavy atom. The minimum Gasteiger partial charge on any atom is -0.370 e. The van der Waals surface area contributed by atoms with E-state index in [1.807, 2.05) is 13.0 Å². The first kappa shape index (κ1) is 20.4. The molecule has 1 saturated heterocycles. The van der Waals surface area contributed by atoms with Crippen LogP contribution in [0.2, 0.25) is 18.1 Å². The lowest BCUT2D eigenvalue weighted by atomic mass is 10.00. The number of hydrogen-bond donors (Lipinski definition) is 2. The molecule has 0 aromatic heterocycles. The third-order valence-corrected chi connectivity index (χ3v) is 9.63. The van der Waals surface area contributed by atoms with E-state index in [-0.39, 0.29) is 36.0 Å². The largest absolute Gasteiger partial charge is 0.370 e. The van der Waals surface area contributed by atoms with E-state index in [4.69, 9.17) is 10.3 Å². The van der Waals surface area contributed by atoms with Crippen LogP contribution in [0, 0.1) is 0 Å². The molecule has 8 nitrogen and oxygen atoms in total. The van der Waals surface area contributed by atoms with Gasteiger partial charge in [0.25, 0.3) is 0 Å². The SMILES string of the molecule is CC1=CC2CN(C(=O)N2O[Si](C)(C)C(C)(C)C)C1C(=O)NCCC(N)=O. The van der Waals surface area contributed by atoms with Crippen molar-refractivity contribution in [2.24, 2.45) is 5.73 Å². The normalized spacial score (nSPS) is 23.2. The van der Waals surface area contributed by atoms with Crippen LogP contribution in [0.1, 0.15) is 34.1 Å². The predicted octanol–water partition coefficient (Wildman–Crippen LogP) is 1.35. The molecule has 1 fully saturated rings. The highest BCUT2D eigenvalue weighted by atomic mass is 28.4. The number of nitrogens with zero attached hydrogens (tertiary/aromatic N) is 2. The summed E-state index contributed by atoms with van der Waals surface area (Å²) in [5, 5.41) is 4.08. The van der Waals surface area contributed by atoms with Gasteiger partial charge in [-0.1, -0.05) is 26.8 Å². The average molecular weight is 383 g/mol. The number of urea groups is 1. The summed E-state index contributed by atoms with van der Waals surface area (Å²) in [7, 11) is -2.18. The standard InChI is InChI=1S/C17H30N4O4Si/c1-11-9-12-10-20(14(11)15(23)19-8-7-13(18)22)16(24)21(12)25-26(5,6)17(2,3)4/h9,12,14H,7-8,10H2,1-6H3,(H2,18,22)(H,19,23). The van der Waals surface area contributed by atoms with E-state index >= 15 is 0 Å². The fourth-order valence-electron chi connectivity index (χ4n) is 2.84. The van der Waals surface area contributed by atoms with Gasteiger partial charge in [-0.25, -0.2) is 9.86 Å². The smallest absolute Gasteiger partial charge is 0.344 e. The van der Waals surface area contributed by atoms with Gasteiger partial charge < -0.3 is 20.5 Å². The Kier molecular flexibility index (Phi) is 5.53. The molecule has 2 aliphatic heterocycles. The molecule has 3 N–H and O–H groups in total. The van der Waals surface area contributed by atoms with E-state index in [0.29, 0.717) is 6.54 Å². The van der Waals surface area contributed by atoms with E-state index in [0.717, 1.165) is 5.57 Å². The van der Waals surface area contributed by atoms with Crippen molar-refractivity contribution in [3.63, 3.8) is 0 Å². The fourth-order valence-corrected chi connectivity index (χ4v) is 3.82. The van der Waals surface area contributed by atoms with Gasteiger partial charge in [0.05, 0.1) is 12.6 Å². The Labute approximate surface area is 155 Å². The molecular weight excluding hydrogens is 352 g/mol. The molecule has 0 aliphatic carbocycles. The molecule has 0 radical (unpaired) electrons. The van der Waals surface area contributed by atoms with Crippen LogP contribution in [0.25, 0.3) is 0 Å².